The highest BCUT2D eigenvalue weighted by atomic mass is 19.2. The predicted molar refractivity (Wildman–Crippen MR) is 51.8 cm³/mol. The maximum Gasteiger partial charge on any atom is 0.234 e. The third-order valence-corrected chi connectivity index (χ3v) is 2.08. The van der Waals surface area contributed by atoms with Gasteiger partial charge >= 0.3 is 0 Å². The first-order valence-corrected chi connectivity index (χ1v) is 4.58. The quantitative estimate of drug-likeness (QED) is 0.763. The van der Waals surface area contributed by atoms with Crippen LogP contribution in [0, 0.1) is 17.5 Å². The first kappa shape index (κ1) is 12.5. The molecule has 1 aromatic rings. The monoisotopic (exact) mass is 232 g/mol. The van der Waals surface area contributed by atoms with Crippen LogP contribution in [0.5, 0.6) is 0 Å². The fourth-order valence-electron chi connectivity index (χ4n) is 1.08. The summed E-state index contributed by atoms with van der Waals surface area (Å²) in [5.74, 6) is -4.61. The zero-order valence-electron chi connectivity index (χ0n) is 8.56. The van der Waals surface area contributed by atoms with Gasteiger partial charge in [0.15, 0.2) is 17.5 Å². The number of amides is 1. The predicted octanol–water partition coefficient (Wildman–Crippen LogP) is 1.07. The van der Waals surface area contributed by atoms with E-state index in [-0.39, 0.29) is 12.1 Å². The van der Waals surface area contributed by atoms with Gasteiger partial charge in [0, 0.05) is 6.54 Å². The molecule has 1 aromatic carbocycles. The summed E-state index contributed by atoms with van der Waals surface area (Å²) in [4.78, 5) is 10.7. The largest absolute Gasteiger partial charge is 0.368 e. The molecule has 1 atom stereocenters. The third kappa shape index (κ3) is 2.96. The Bertz CT molecular complexity index is 386. The molecular formula is C10H11F3N2O. The van der Waals surface area contributed by atoms with Gasteiger partial charge in [0.05, 0.1) is 6.04 Å². The maximum absolute atomic E-state index is 12.8. The fourth-order valence-corrected chi connectivity index (χ4v) is 1.08. The lowest BCUT2D eigenvalue weighted by molar-refractivity contribution is -0.119. The number of primary amides is 1. The minimum Gasteiger partial charge on any atom is -0.368 e. The van der Waals surface area contributed by atoms with E-state index in [0.717, 1.165) is 12.1 Å². The molecule has 0 fully saturated rings. The van der Waals surface area contributed by atoms with Crippen LogP contribution in [0.1, 0.15) is 12.5 Å². The summed E-state index contributed by atoms with van der Waals surface area (Å²) in [6.07, 6.45) is 0. The lowest BCUT2D eigenvalue weighted by Crippen LogP contribution is -2.38. The van der Waals surface area contributed by atoms with Crippen LogP contribution >= 0.6 is 0 Å². The lowest BCUT2D eigenvalue weighted by Gasteiger charge is -2.10. The number of hydrogen-bond donors (Lipinski definition) is 2. The number of carbonyl (C=O) groups excluding carboxylic acids is 1. The Morgan fingerprint density at radius 2 is 1.88 bits per heavy atom. The molecule has 0 saturated carbocycles. The van der Waals surface area contributed by atoms with Crippen molar-refractivity contribution in [2.24, 2.45) is 5.73 Å². The van der Waals surface area contributed by atoms with Crippen molar-refractivity contribution in [2.75, 3.05) is 0 Å². The van der Waals surface area contributed by atoms with Crippen LogP contribution in [0.15, 0.2) is 12.1 Å². The second kappa shape index (κ2) is 4.98. The van der Waals surface area contributed by atoms with Crippen molar-refractivity contribution in [3.05, 3.63) is 35.1 Å². The van der Waals surface area contributed by atoms with Gasteiger partial charge in [-0.25, -0.2) is 13.2 Å². The number of rotatable bonds is 4. The number of nitrogens with two attached hydrogens (primary N) is 1. The summed E-state index contributed by atoms with van der Waals surface area (Å²) < 4.78 is 38.2. The Morgan fingerprint density at radius 3 is 2.31 bits per heavy atom. The first-order chi connectivity index (χ1) is 7.41. The van der Waals surface area contributed by atoms with Gasteiger partial charge in [0.25, 0.3) is 0 Å². The second-order valence-corrected chi connectivity index (χ2v) is 3.38. The molecule has 1 amide bonds. The Labute approximate surface area is 90.4 Å². The minimum absolute atomic E-state index is 0.0260. The molecule has 0 aliphatic carbocycles. The standard InChI is InChI=1S/C10H11F3N2O/c1-5(10(14)16)15-4-6-2-7(11)9(13)8(12)3-6/h2-3,5,15H,4H2,1H3,(H2,14,16). The Kier molecular flexibility index (Phi) is 3.89. The molecule has 0 spiro atoms. The van der Waals surface area contributed by atoms with E-state index in [2.05, 4.69) is 5.32 Å². The van der Waals surface area contributed by atoms with Crippen molar-refractivity contribution in [1.29, 1.82) is 0 Å². The molecule has 0 saturated heterocycles. The summed E-state index contributed by atoms with van der Waals surface area (Å²) in [5, 5.41) is 2.64. The fraction of sp³-hybridized carbons (Fsp3) is 0.300. The van der Waals surface area contributed by atoms with Crippen molar-refractivity contribution in [2.45, 2.75) is 19.5 Å². The van der Waals surface area contributed by atoms with Crippen molar-refractivity contribution in [1.82, 2.24) is 5.32 Å². The van der Waals surface area contributed by atoms with Crippen molar-refractivity contribution in [3.8, 4) is 0 Å². The Morgan fingerprint density at radius 1 is 1.38 bits per heavy atom. The van der Waals surface area contributed by atoms with E-state index in [1.807, 2.05) is 0 Å². The van der Waals surface area contributed by atoms with Crippen LogP contribution in [0.25, 0.3) is 0 Å². The van der Waals surface area contributed by atoms with E-state index in [1.54, 1.807) is 0 Å². The summed E-state index contributed by atoms with van der Waals surface area (Å²) in [6, 6.07) is 1.09. The third-order valence-electron chi connectivity index (χ3n) is 2.08. The van der Waals surface area contributed by atoms with Gasteiger partial charge in [-0.3, -0.25) is 4.79 Å². The maximum atomic E-state index is 12.8. The minimum atomic E-state index is -1.51. The molecule has 1 rings (SSSR count). The van der Waals surface area contributed by atoms with Crippen LogP contribution in [-0.2, 0) is 11.3 Å². The molecule has 0 radical (unpaired) electrons. The Balaban J connectivity index is 2.72. The van der Waals surface area contributed by atoms with E-state index < -0.39 is 29.4 Å². The van der Waals surface area contributed by atoms with Crippen molar-refractivity contribution in [3.63, 3.8) is 0 Å². The van der Waals surface area contributed by atoms with Gasteiger partial charge < -0.3 is 11.1 Å². The molecule has 88 valence electrons. The topological polar surface area (TPSA) is 55.1 Å². The van der Waals surface area contributed by atoms with Gasteiger partial charge in [-0.15, -0.1) is 0 Å². The van der Waals surface area contributed by atoms with Gasteiger partial charge in [-0.05, 0) is 24.6 Å². The molecule has 0 aromatic heterocycles. The second-order valence-electron chi connectivity index (χ2n) is 3.38. The molecular weight excluding hydrogens is 221 g/mol. The summed E-state index contributed by atoms with van der Waals surface area (Å²) in [6.45, 7) is 1.54. The van der Waals surface area contributed by atoms with E-state index in [4.69, 9.17) is 5.73 Å². The van der Waals surface area contributed by atoms with Gasteiger partial charge in [-0.2, -0.15) is 0 Å². The molecule has 3 nitrogen and oxygen atoms in total. The number of nitrogens with one attached hydrogen (secondary N) is 1. The van der Waals surface area contributed by atoms with Crippen LogP contribution in [0.2, 0.25) is 0 Å². The van der Waals surface area contributed by atoms with Gasteiger partial charge in [0.1, 0.15) is 0 Å². The van der Waals surface area contributed by atoms with E-state index >= 15 is 0 Å². The average molecular weight is 232 g/mol. The average Bonchev–Trinajstić information content (AvgIpc) is 2.22. The molecule has 0 aliphatic rings. The first-order valence-electron chi connectivity index (χ1n) is 4.58. The van der Waals surface area contributed by atoms with Gasteiger partial charge in [0.2, 0.25) is 5.91 Å². The zero-order chi connectivity index (χ0) is 12.3. The highest BCUT2D eigenvalue weighted by Gasteiger charge is 2.12. The van der Waals surface area contributed by atoms with Crippen LogP contribution in [-0.4, -0.2) is 11.9 Å². The molecule has 0 bridgehead atoms. The SMILES string of the molecule is CC(NCc1cc(F)c(F)c(F)c1)C(N)=O. The summed E-state index contributed by atoms with van der Waals surface area (Å²) in [5.41, 5.74) is 5.17. The summed E-state index contributed by atoms with van der Waals surface area (Å²) in [7, 11) is 0. The smallest absolute Gasteiger partial charge is 0.234 e. The molecule has 0 aliphatic heterocycles. The van der Waals surface area contributed by atoms with E-state index in [0.29, 0.717) is 0 Å². The lowest BCUT2D eigenvalue weighted by atomic mass is 10.2. The van der Waals surface area contributed by atoms with Crippen molar-refractivity contribution >= 4 is 5.91 Å². The highest BCUT2D eigenvalue weighted by Crippen LogP contribution is 2.13. The zero-order valence-corrected chi connectivity index (χ0v) is 8.56. The number of benzene rings is 1. The van der Waals surface area contributed by atoms with Crippen molar-refractivity contribution < 1.29 is 18.0 Å². The van der Waals surface area contributed by atoms with E-state index in [1.165, 1.54) is 6.92 Å². The number of carbonyl (C=O) groups is 1. The summed E-state index contributed by atoms with van der Waals surface area (Å²) >= 11 is 0. The van der Waals surface area contributed by atoms with E-state index in [9.17, 15) is 18.0 Å². The normalized spacial score (nSPS) is 12.5. The molecule has 0 heterocycles. The molecule has 6 heteroatoms. The van der Waals surface area contributed by atoms with Crippen LogP contribution in [0.4, 0.5) is 13.2 Å². The Hall–Kier alpha value is -1.56. The molecule has 3 N–H and O–H groups in total. The highest BCUT2D eigenvalue weighted by molar-refractivity contribution is 5.79. The number of halogens is 3. The van der Waals surface area contributed by atoms with Gasteiger partial charge in [-0.1, -0.05) is 0 Å². The number of hydrogen-bond acceptors (Lipinski definition) is 2. The molecule has 16 heavy (non-hydrogen) atoms. The van der Waals surface area contributed by atoms with Crippen LogP contribution in [0.3, 0.4) is 0 Å². The molecule has 1 unspecified atom stereocenters. The van der Waals surface area contributed by atoms with Crippen LogP contribution < -0.4 is 11.1 Å².